The van der Waals surface area contributed by atoms with E-state index in [1.54, 1.807) is 12.1 Å². The van der Waals surface area contributed by atoms with Crippen molar-refractivity contribution in [1.29, 1.82) is 0 Å². The molecule has 0 bridgehead atoms. The molecule has 3 nitrogen and oxygen atoms in total. The zero-order chi connectivity index (χ0) is 11.5. The molecule has 0 saturated heterocycles. The van der Waals surface area contributed by atoms with Gasteiger partial charge in [-0.1, -0.05) is 30.3 Å². The highest BCUT2D eigenvalue weighted by atomic mass is 16.4. The van der Waals surface area contributed by atoms with E-state index in [4.69, 9.17) is 10.0 Å². The molecule has 2 rings (SSSR count). The third kappa shape index (κ3) is 2.29. The molecule has 0 unspecified atom stereocenters. The maximum atomic E-state index is 8.97. The van der Waals surface area contributed by atoms with Crippen LogP contribution >= 0.6 is 0 Å². The van der Waals surface area contributed by atoms with Crippen LogP contribution < -0.4 is 5.46 Å². The van der Waals surface area contributed by atoms with Crippen molar-refractivity contribution in [3.63, 3.8) is 0 Å². The van der Waals surface area contributed by atoms with Gasteiger partial charge in [0.25, 0.3) is 0 Å². The SMILES string of the molecule is Cc1cccc(-c2ccc(B(O)O)cc2)n1. The summed E-state index contributed by atoms with van der Waals surface area (Å²) in [4.78, 5) is 4.39. The number of pyridine rings is 1. The van der Waals surface area contributed by atoms with Crippen LogP contribution in [0, 0.1) is 6.92 Å². The molecule has 0 spiro atoms. The minimum absolute atomic E-state index is 0.483. The predicted octanol–water partition coefficient (Wildman–Crippen LogP) is 0.737. The fourth-order valence-corrected chi connectivity index (χ4v) is 1.53. The Bertz CT molecular complexity index is 483. The van der Waals surface area contributed by atoms with E-state index >= 15 is 0 Å². The molecule has 80 valence electrons. The van der Waals surface area contributed by atoms with Gasteiger partial charge >= 0.3 is 7.12 Å². The van der Waals surface area contributed by atoms with Gasteiger partial charge in [-0.25, -0.2) is 0 Å². The summed E-state index contributed by atoms with van der Waals surface area (Å²) in [7, 11) is -1.42. The summed E-state index contributed by atoms with van der Waals surface area (Å²) >= 11 is 0. The zero-order valence-electron chi connectivity index (χ0n) is 8.96. The van der Waals surface area contributed by atoms with Crippen LogP contribution in [0.4, 0.5) is 0 Å². The molecule has 0 aliphatic rings. The van der Waals surface area contributed by atoms with E-state index < -0.39 is 7.12 Å². The maximum absolute atomic E-state index is 8.97. The molecule has 16 heavy (non-hydrogen) atoms. The van der Waals surface area contributed by atoms with Crippen molar-refractivity contribution < 1.29 is 10.0 Å². The molecule has 1 aromatic heterocycles. The standard InChI is InChI=1S/C12H12BNO2/c1-9-3-2-4-12(14-9)10-5-7-11(8-6-10)13(15)16/h2-8,15-16H,1H3. The minimum Gasteiger partial charge on any atom is -0.423 e. The van der Waals surface area contributed by atoms with E-state index in [0.29, 0.717) is 5.46 Å². The smallest absolute Gasteiger partial charge is 0.423 e. The van der Waals surface area contributed by atoms with Gasteiger partial charge in [-0.05, 0) is 24.5 Å². The van der Waals surface area contributed by atoms with Gasteiger partial charge in [-0.3, -0.25) is 4.98 Å². The summed E-state index contributed by atoms with van der Waals surface area (Å²) in [6.07, 6.45) is 0. The summed E-state index contributed by atoms with van der Waals surface area (Å²) in [5.74, 6) is 0. The topological polar surface area (TPSA) is 53.4 Å². The van der Waals surface area contributed by atoms with Crippen molar-refractivity contribution in [1.82, 2.24) is 4.98 Å². The molecule has 0 atom stereocenters. The average Bonchev–Trinajstić information content (AvgIpc) is 2.29. The number of hydrogen-bond acceptors (Lipinski definition) is 3. The lowest BCUT2D eigenvalue weighted by molar-refractivity contribution is 0.426. The molecule has 0 saturated carbocycles. The Labute approximate surface area is 94.6 Å². The normalized spacial score (nSPS) is 10.2. The van der Waals surface area contributed by atoms with Gasteiger partial charge in [0, 0.05) is 11.3 Å². The number of benzene rings is 1. The third-order valence-corrected chi connectivity index (χ3v) is 2.39. The second-order valence-corrected chi connectivity index (χ2v) is 3.66. The van der Waals surface area contributed by atoms with Crippen LogP contribution in [0.1, 0.15) is 5.69 Å². The number of aryl methyl sites for hydroxylation is 1. The minimum atomic E-state index is -1.42. The molecular formula is C12H12BNO2. The quantitative estimate of drug-likeness (QED) is 0.723. The van der Waals surface area contributed by atoms with Gasteiger partial charge in [0.1, 0.15) is 0 Å². The molecule has 0 aliphatic carbocycles. The molecule has 2 aromatic rings. The molecule has 0 fully saturated rings. The van der Waals surface area contributed by atoms with E-state index in [-0.39, 0.29) is 0 Å². The molecule has 0 radical (unpaired) electrons. The highest BCUT2D eigenvalue weighted by Crippen LogP contribution is 2.15. The van der Waals surface area contributed by atoms with E-state index in [1.165, 1.54) is 0 Å². The Hall–Kier alpha value is -1.65. The van der Waals surface area contributed by atoms with E-state index in [9.17, 15) is 0 Å². The lowest BCUT2D eigenvalue weighted by atomic mass is 9.80. The van der Waals surface area contributed by atoms with Gasteiger partial charge in [0.05, 0.1) is 5.69 Å². The number of nitrogens with zero attached hydrogens (tertiary/aromatic N) is 1. The molecule has 0 aliphatic heterocycles. The van der Waals surface area contributed by atoms with Gasteiger partial charge in [0.2, 0.25) is 0 Å². The van der Waals surface area contributed by atoms with Gasteiger partial charge in [-0.15, -0.1) is 0 Å². The van der Waals surface area contributed by atoms with Crippen LogP contribution in [-0.2, 0) is 0 Å². The molecule has 1 aromatic carbocycles. The van der Waals surface area contributed by atoms with Crippen molar-refractivity contribution in [2.24, 2.45) is 0 Å². The highest BCUT2D eigenvalue weighted by Gasteiger charge is 2.10. The first-order valence-corrected chi connectivity index (χ1v) is 5.07. The lowest BCUT2D eigenvalue weighted by Crippen LogP contribution is -2.29. The van der Waals surface area contributed by atoms with Gasteiger partial charge in [-0.2, -0.15) is 0 Å². The second-order valence-electron chi connectivity index (χ2n) is 3.66. The summed E-state index contributed by atoms with van der Waals surface area (Å²) < 4.78 is 0. The average molecular weight is 213 g/mol. The first-order valence-electron chi connectivity index (χ1n) is 5.07. The van der Waals surface area contributed by atoms with Crippen LogP contribution in [0.3, 0.4) is 0 Å². The van der Waals surface area contributed by atoms with Gasteiger partial charge < -0.3 is 10.0 Å². The van der Waals surface area contributed by atoms with Crippen LogP contribution in [0.25, 0.3) is 11.3 Å². The summed E-state index contributed by atoms with van der Waals surface area (Å²) in [5, 5.41) is 17.9. The monoisotopic (exact) mass is 213 g/mol. The van der Waals surface area contributed by atoms with Crippen LogP contribution in [0.15, 0.2) is 42.5 Å². The Morgan fingerprint density at radius 3 is 2.25 bits per heavy atom. The van der Waals surface area contributed by atoms with E-state index in [1.807, 2.05) is 37.3 Å². The van der Waals surface area contributed by atoms with Crippen molar-refractivity contribution in [3.05, 3.63) is 48.2 Å². The molecular weight excluding hydrogens is 201 g/mol. The number of hydrogen-bond donors (Lipinski definition) is 2. The fraction of sp³-hybridized carbons (Fsp3) is 0.0833. The molecule has 4 heteroatoms. The fourth-order valence-electron chi connectivity index (χ4n) is 1.53. The van der Waals surface area contributed by atoms with Crippen LogP contribution in [0.2, 0.25) is 0 Å². The summed E-state index contributed by atoms with van der Waals surface area (Å²) in [5.41, 5.74) is 3.30. The highest BCUT2D eigenvalue weighted by molar-refractivity contribution is 6.58. The lowest BCUT2D eigenvalue weighted by Gasteiger charge is -2.03. The number of rotatable bonds is 2. The van der Waals surface area contributed by atoms with Crippen molar-refractivity contribution in [2.75, 3.05) is 0 Å². The summed E-state index contributed by atoms with van der Waals surface area (Å²) in [6.45, 7) is 1.94. The second kappa shape index (κ2) is 4.47. The number of aromatic nitrogens is 1. The molecule has 2 N–H and O–H groups in total. The first kappa shape index (κ1) is 10.9. The van der Waals surface area contributed by atoms with Crippen molar-refractivity contribution in [2.45, 2.75) is 6.92 Å². The Balaban J connectivity index is 2.35. The predicted molar refractivity (Wildman–Crippen MR) is 64.2 cm³/mol. The Morgan fingerprint density at radius 2 is 1.69 bits per heavy atom. The first-order chi connectivity index (χ1) is 7.66. The van der Waals surface area contributed by atoms with Crippen molar-refractivity contribution >= 4 is 12.6 Å². The van der Waals surface area contributed by atoms with Gasteiger partial charge in [0.15, 0.2) is 0 Å². The third-order valence-electron chi connectivity index (χ3n) is 2.39. The molecule has 1 heterocycles. The Kier molecular flexibility index (Phi) is 3.03. The van der Waals surface area contributed by atoms with E-state index in [2.05, 4.69) is 4.98 Å². The molecule has 0 amide bonds. The van der Waals surface area contributed by atoms with E-state index in [0.717, 1.165) is 17.0 Å². The Morgan fingerprint density at radius 1 is 1.00 bits per heavy atom. The largest absolute Gasteiger partial charge is 0.488 e. The van der Waals surface area contributed by atoms with Crippen LogP contribution in [0.5, 0.6) is 0 Å². The summed E-state index contributed by atoms with van der Waals surface area (Å²) in [6, 6.07) is 12.8. The van der Waals surface area contributed by atoms with Crippen LogP contribution in [-0.4, -0.2) is 22.2 Å². The zero-order valence-corrected chi connectivity index (χ0v) is 8.96. The maximum Gasteiger partial charge on any atom is 0.488 e. The van der Waals surface area contributed by atoms with Crippen molar-refractivity contribution in [3.8, 4) is 11.3 Å².